The first-order chi connectivity index (χ1) is 8.44. The third-order valence-corrected chi connectivity index (χ3v) is 4.13. The molecule has 2 nitrogen and oxygen atoms in total. The SMILES string of the molecule is CC(C)CCOCCC(C)(CNC(C)C)C1CC1. The smallest absolute Gasteiger partial charge is 0.0471 e. The van der Waals surface area contributed by atoms with Gasteiger partial charge in [-0.3, -0.25) is 0 Å². The highest BCUT2D eigenvalue weighted by Gasteiger charge is 2.40. The first kappa shape index (κ1) is 16.0. The van der Waals surface area contributed by atoms with Crippen molar-refractivity contribution in [2.45, 2.75) is 66.3 Å². The minimum absolute atomic E-state index is 0.447. The molecule has 0 aromatic heterocycles. The summed E-state index contributed by atoms with van der Waals surface area (Å²) in [5.74, 6) is 1.68. The van der Waals surface area contributed by atoms with Gasteiger partial charge in [-0.2, -0.15) is 0 Å². The second kappa shape index (κ2) is 7.49. The Bertz CT molecular complexity index is 223. The molecule has 0 aromatic rings. The van der Waals surface area contributed by atoms with E-state index in [2.05, 4.69) is 39.9 Å². The van der Waals surface area contributed by atoms with Crippen molar-refractivity contribution in [2.24, 2.45) is 17.3 Å². The fourth-order valence-corrected chi connectivity index (χ4v) is 2.38. The molecule has 0 radical (unpaired) electrons. The van der Waals surface area contributed by atoms with Crippen molar-refractivity contribution in [2.75, 3.05) is 19.8 Å². The lowest BCUT2D eigenvalue weighted by Crippen LogP contribution is -2.38. The zero-order chi connectivity index (χ0) is 13.6. The molecule has 0 aliphatic heterocycles. The fourth-order valence-electron chi connectivity index (χ4n) is 2.38. The van der Waals surface area contributed by atoms with Crippen LogP contribution < -0.4 is 5.32 Å². The van der Waals surface area contributed by atoms with Crippen LogP contribution in [0.4, 0.5) is 0 Å². The molecule has 1 atom stereocenters. The molecule has 2 heteroatoms. The van der Waals surface area contributed by atoms with Crippen LogP contribution in [0.2, 0.25) is 0 Å². The summed E-state index contributed by atoms with van der Waals surface area (Å²) in [4.78, 5) is 0. The zero-order valence-electron chi connectivity index (χ0n) is 13.1. The second-order valence-electron chi connectivity index (χ2n) is 7.01. The van der Waals surface area contributed by atoms with Crippen LogP contribution in [0.5, 0.6) is 0 Å². The Balaban J connectivity index is 2.20. The molecule has 0 aromatic carbocycles. The van der Waals surface area contributed by atoms with Crippen molar-refractivity contribution in [3.63, 3.8) is 0 Å². The highest BCUT2D eigenvalue weighted by molar-refractivity contribution is 4.92. The first-order valence-corrected chi connectivity index (χ1v) is 7.75. The van der Waals surface area contributed by atoms with E-state index < -0.39 is 0 Å². The van der Waals surface area contributed by atoms with Gasteiger partial charge in [0.05, 0.1) is 0 Å². The third-order valence-electron chi connectivity index (χ3n) is 4.13. The van der Waals surface area contributed by atoms with Crippen molar-refractivity contribution in [1.29, 1.82) is 0 Å². The molecular weight excluding hydrogens is 222 g/mol. The minimum atomic E-state index is 0.447. The van der Waals surface area contributed by atoms with E-state index in [0.29, 0.717) is 11.5 Å². The number of nitrogens with one attached hydrogen (secondary N) is 1. The van der Waals surface area contributed by atoms with E-state index in [1.54, 1.807) is 0 Å². The lowest BCUT2D eigenvalue weighted by Gasteiger charge is -2.31. The first-order valence-electron chi connectivity index (χ1n) is 7.75. The molecule has 1 rings (SSSR count). The second-order valence-corrected chi connectivity index (χ2v) is 7.01. The van der Waals surface area contributed by atoms with Gasteiger partial charge in [0.25, 0.3) is 0 Å². The maximum absolute atomic E-state index is 5.80. The normalized spacial score (nSPS) is 19.5. The van der Waals surface area contributed by atoms with E-state index in [-0.39, 0.29) is 0 Å². The molecule has 0 bridgehead atoms. The van der Waals surface area contributed by atoms with E-state index >= 15 is 0 Å². The number of hydrogen-bond acceptors (Lipinski definition) is 2. The molecule has 0 amide bonds. The van der Waals surface area contributed by atoms with Crippen molar-refractivity contribution >= 4 is 0 Å². The van der Waals surface area contributed by atoms with Crippen LogP contribution in [-0.4, -0.2) is 25.8 Å². The summed E-state index contributed by atoms with van der Waals surface area (Å²) in [6, 6.07) is 0.588. The maximum Gasteiger partial charge on any atom is 0.0471 e. The van der Waals surface area contributed by atoms with Gasteiger partial charge in [0.1, 0.15) is 0 Å². The van der Waals surface area contributed by atoms with Crippen LogP contribution in [0, 0.1) is 17.3 Å². The summed E-state index contributed by atoms with van der Waals surface area (Å²) in [5, 5.41) is 3.61. The largest absolute Gasteiger partial charge is 0.381 e. The average Bonchev–Trinajstić information content (AvgIpc) is 3.09. The van der Waals surface area contributed by atoms with Crippen molar-refractivity contribution in [1.82, 2.24) is 5.32 Å². The Morgan fingerprint density at radius 3 is 2.33 bits per heavy atom. The molecule has 0 saturated heterocycles. The molecule has 1 aliphatic carbocycles. The van der Waals surface area contributed by atoms with Gasteiger partial charge in [0.2, 0.25) is 0 Å². The van der Waals surface area contributed by atoms with Gasteiger partial charge >= 0.3 is 0 Å². The molecular formula is C16H33NO. The summed E-state index contributed by atoms with van der Waals surface area (Å²) in [5.41, 5.74) is 0.447. The van der Waals surface area contributed by atoms with Gasteiger partial charge in [0, 0.05) is 25.8 Å². The summed E-state index contributed by atoms with van der Waals surface area (Å²) < 4.78 is 5.80. The van der Waals surface area contributed by atoms with Gasteiger partial charge in [-0.15, -0.1) is 0 Å². The monoisotopic (exact) mass is 255 g/mol. The molecule has 18 heavy (non-hydrogen) atoms. The highest BCUT2D eigenvalue weighted by Crippen LogP contribution is 2.47. The summed E-state index contributed by atoms with van der Waals surface area (Å²) in [6.45, 7) is 14.4. The Morgan fingerprint density at radius 2 is 1.83 bits per heavy atom. The lowest BCUT2D eigenvalue weighted by molar-refractivity contribution is 0.0825. The number of ether oxygens (including phenoxy) is 1. The molecule has 0 heterocycles. The van der Waals surface area contributed by atoms with Crippen molar-refractivity contribution in [3.8, 4) is 0 Å². The Morgan fingerprint density at radius 1 is 1.17 bits per heavy atom. The molecule has 1 saturated carbocycles. The van der Waals surface area contributed by atoms with Crippen LogP contribution in [0.15, 0.2) is 0 Å². The Labute approximate surface area is 114 Å². The van der Waals surface area contributed by atoms with Gasteiger partial charge < -0.3 is 10.1 Å². The molecule has 0 spiro atoms. The third kappa shape index (κ3) is 6.19. The predicted molar refractivity (Wildman–Crippen MR) is 78.9 cm³/mol. The van der Waals surface area contributed by atoms with E-state index in [4.69, 9.17) is 4.74 Å². The van der Waals surface area contributed by atoms with Crippen LogP contribution in [0.25, 0.3) is 0 Å². The average molecular weight is 255 g/mol. The van der Waals surface area contributed by atoms with Crippen LogP contribution in [0.3, 0.4) is 0 Å². The van der Waals surface area contributed by atoms with E-state index in [1.165, 1.54) is 25.7 Å². The van der Waals surface area contributed by atoms with Crippen LogP contribution in [0.1, 0.15) is 60.3 Å². The van der Waals surface area contributed by atoms with Gasteiger partial charge in [0.15, 0.2) is 0 Å². The number of hydrogen-bond donors (Lipinski definition) is 1. The summed E-state index contributed by atoms with van der Waals surface area (Å²) in [6.07, 6.45) is 5.23. The van der Waals surface area contributed by atoms with Gasteiger partial charge in [-0.25, -0.2) is 0 Å². The maximum atomic E-state index is 5.80. The molecule has 1 fully saturated rings. The molecule has 1 unspecified atom stereocenters. The van der Waals surface area contributed by atoms with Gasteiger partial charge in [-0.1, -0.05) is 34.6 Å². The minimum Gasteiger partial charge on any atom is -0.381 e. The predicted octanol–water partition coefficient (Wildman–Crippen LogP) is 3.85. The number of rotatable bonds is 10. The standard InChI is InChI=1S/C16H33NO/c1-13(2)8-10-18-11-9-16(5,15-6-7-15)12-17-14(3)4/h13-15,17H,6-12H2,1-5H3. The van der Waals surface area contributed by atoms with Crippen molar-refractivity contribution in [3.05, 3.63) is 0 Å². The molecule has 1 aliphatic rings. The zero-order valence-corrected chi connectivity index (χ0v) is 13.1. The van der Waals surface area contributed by atoms with Crippen LogP contribution in [-0.2, 0) is 4.74 Å². The molecule has 1 N–H and O–H groups in total. The van der Waals surface area contributed by atoms with Gasteiger partial charge in [-0.05, 0) is 42.9 Å². The Kier molecular flexibility index (Phi) is 6.65. The quantitative estimate of drug-likeness (QED) is 0.599. The van der Waals surface area contributed by atoms with E-state index in [0.717, 1.165) is 31.6 Å². The Hall–Kier alpha value is -0.0800. The van der Waals surface area contributed by atoms with E-state index in [1.807, 2.05) is 0 Å². The summed E-state index contributed by atoms with van der Waals surface area (Å²) >= 11 is 0. The summed E-state index contributed by atoms with van der Waals surface area (Å²) in [7, 11) is 0. The van der Waals surface area contributed by atoms with Crippen LogP contribution >= 0.6 is 0 Å². The lowest BCUT2D eigenvalue weighted by atomic mass is 9.81. The topological polar surface area (TPSA) is 21.3 Å². The van der Waals surface area contributed by atoms with E-state index in [9.17, 15) is 0 Å². The van der Waals surface area contributed by atoms with Crippen molar-refractivity contribution < 1.29 is 4.74 Å². The fraction of sp³-hybridized carbons (Fsp3) is 1.00. The highest BCUT2D eigenvalue weighted by atomic mass is 16.5. The molecule has 108 valence electrons.